The zero-order chi connectivity index (χ0) is 14.8. The lowest BCUT2D eigenvalue weighted by atomic mass is 10.1. The molecule has 0 atom stereocenters. The highest BCUT2D eigenvalue weighted by Gasteiger charge is 2.34. The molecule has 1 heterocycles. The van der Waals surface area contributed by atoms with Crippen molar-refractivity contribution in [2.45, 2.75) is 19.0 Å². The van der Waals surface area contributed by atoms with Gasteiger partial charge in [-0.3, -0.25) is 0 Å². The number of aromatic nitrogens is 1. The van der Waals surface area contributed by atoms with Crippen LogP contribution in [0.4, 0.5) is 13.2 Å². The van der Waals surface area contributed by atoms with Crippen molar-refractivity contribution in [2.24, 2.45) is 0 Å². The Morgan fingerprint density at radius 2 is 2.05 bits per heavy atom. The SMILES string of the molecule is FC(F)(F)c1cc(Br)ccc1-c1nc(CCCCl)cs1. The summed E-state index contributed by atoms with van der Waals surface area (Å²) in [5, 5.41) is 2.17. The molecule has 1 aromatic heterocycles. The maximum absolute atomic E-state index is 13.1. The van der Waals surface area contributed by atoms with E-state index in [-0.39, 0.29) is 5.56 Å². The predicted octanol–water partition coefficient (Wildman–Crippen LogP) is 5.76. The van der Waals surface area contributed by atoms with Crippen LogP contribution in [0.5, 0.6) is 0 Å². The highest BCUT2D eigenvalue weighted by molar-refractivity contribution is 9.10. The van der Waals surface area contributed by atoms with Gasteiger partial charge in [0.2, 0.25) is 0 Å². The molecule has 2 aromatic rings. The van der Waals surface area contributed by atoms with Gasteiger partial charge in [-0.15, -0.1) is 22.9 Å². The van der Waals surface area contributed by atoms with Crippen LogP contribution in [0.15, 0.2) is 28.1 Å². The van der Waals surface area contributed by atoms with Crippen molar-refractivity contribution in [3.05, 3.63) is 39.3 Å². The fourth-order valence-corrected chi connectivity index (χ4v) is 3.12. The van der Waals surface area contributed by atoms with Crippen molar-refractivity contribution in [1.29, 1.82) is 0 Å². The summed E-state index contributed by atoms with van der Waals surface area (Å²) in [4.78, 5) is 4.27. The highest BCUT2D eigenvalue weighted by atomic mass is 79.9. The van der Waals surface area contributed by atoms with Gasteiger partial charge in [0.15, 0.2) is 0 Å². The molecular formula is C13H10BrClF3NS. The summed E-state index contributed by atoms with van der Waals surface area (Å²) in [6, 6.07) is 4.11. The molecule has 1 aromatic carbocycles. The molecule has 1 nitrogen and oxygen atoms in total. The van der Waals surface area contributed by atoms with Crippen LogP contribution in [-0.4, -0.2) is 10.9 Å². The van der Waals surface area contributed by atoms with Crippen molar-refractivity contribution in [3.8, 4) is 10.6 Å². The average molecular weight is 385 g/mol. The van der Waals surface area contributed by atoms with Crippen molar-refractivity contribution >= 4 is 38.9 Å². The van der Waals surface area contributed by atoms with Gasteiger partial charge in [0.1, 0.15) is 5.01 Å². The van der Waals surface area contributed by atoms with Gasteiger partial charge in [0, 0.05) is 21.3 Å². The molecule has 0 amide bonds. The fourth-order valence-electron chi connectivity index (χ4n) is 1.73. The van der Waals surface area contributed by atoms with E-state index in [1.165, 1.54) is 17.4 Å². The van der Waals surface area contributed by atoms with Crippen molar-refractivity contribution < 1.29 is 13.2 Å². The number of rotatable bonds is 4. The van der Waals surface area contributed by atoms with Crippen LogP contribution in [-0.2, 0) is 12.6 Å². The van der Waals surface area contributed by atoms with Crippen molar-refractivity contribution in [1.82, 2.24) is 4.98 Å². The Labute approximate surface area is 131 Å². The first-order chi connectivity index (χ1) is 9.41. The first kappa shape index (κ1) is 15.8. The molecule has 0 aliphatic carbocycles. The van der Waals surface area contributed by atoms with Crippen LogP contribution in [0.3, 0.4) is 0 Å². The minimum Gasteiger partial charge on any atom is -0.241 e. The molecule has 0 fully saturated rings. The van der Waals surface area contributed by atoms with Crippen LogP contribution in [0.25, 0.3) is 10.6 Å². The third-order valence-electron chi connectivity index (χ3n) is 2.64. The van der Waals surface area contributed by atoms with Crippen LogP contribution in [0, 0.1) is 0 Å². The molecule has 7 heteroatoms. The van der Waals surface area contributed by atoms with Gasteiger partial charge < -0.3 is 0 Å². The molecular weight excluding hydrogens is 375 g/mol. The third kappa shape index (κ3) is 3.74. The molecule has 0 saturated carbocycles. The zero-order valence-electron chi connectivity index (χ0n) is 10.2. The lowest BCUT2D eigenvalue weighted by molar-refractivity contribution is -0.137. The van der Waals surface area contributed by atoms with E-state index in [1.54, 1.807) is 11.4 Å². The van der Waals surface area contributed by atoms with Gasteiger partial charge >= 0.3 is 6.18 Å². The van der Waals surface area contributed by atoms with E-state index >= 15 is 0 Å². The number of benzene rings is 1. The smallest absolute Gasteiger partial charge is 0.241 e. The number of nitrogens with zero attached hydrogens (tertiary/aromatic N) is 1. The van der Waals surface area contributed by atoms with Gasteiger partial charge in [0.05, 0.1) is 11.3 Å². The van der Waals surface area contributed by atoms with E-state index < -0.39 is 11.7 Å². The predicted molar refractivity (Wildman–Crippen MR) is 79.3 cm³/mol. The summed E-state index contributed by atoms with van der Waals surface area (Å²) in [5.41, 5.74) is 0.217. The Kier molecular flexibility index (Phi) is 5.09. The van der Waals surface area contributed by atoms with E-state index in [4.69, 9.17) is 11.6 Å². The summed E-state index contributed by atoms with van der Waals surface area (Å²) in [5.74, 6) is 0.513. The van der Waals surface area contributed by atoms with Crippen LogP contribution < -0.4 is 0 Å². The minimum atomic E-state index is -4.40. The number of aryl methyl sites for hydroxylation is 1. The molecule has 0 aliphatic rings. The first-order valence-electron chi connectivity index (χ1n) is 5.79. The molecule has 0 N–H and O–H groups in total. The summed E-state index contributed by atoms with van der Waals surface area (Å²) in [6.45, 7) is 0. The van der Waals surface area contributed by atoms with Gasteiger partial charge in [0.25, 0.3) is 0 Å². The van der Waals surface area contributed by atoms with Crippen LogP contribution >= 0.6 is 38.9 Å². The zero-order valence-corrected chi connectivity index (χ0v) is 13.3. The van der Waals surface area contributed by atoms with E-state index in [2.05, 4.69) is 20.9 Å². The standard InChI is InChI=1S/C13H10BrClF3NS/c14-8-3-4-10(11(6-8)13(16,17)18)12-19-9(7-20-12)2-1-5-15/h3-4,6-7H,1-2,5H2. The summed E-state index contributed by atoms with van der Waals surface area (Å²) < 4.78 is 39.6. The Morgan fingerprint density at radius 3 is 2.70 bits per heavy atom. The van der Waals surface area contributed by atoms with E-state index in [0.717, 1.165) is 18.2 Å². The van der Waals surface area contributed by atoms with Gasteiger partial charge in [-0.1, -0.05) is 22.0 Å². The Morgan fingerprint density at radius 1 is 1.30 bits per heavy atom. The van der Waals surface area contributed by atoms with Gasteiger partial charge in [-0.05, 0) is 25.0 Å². The number of hydrogen-bond donors (Lipinski definition) is 0. The minimum absolute atomic E-state index is 0.114. The normalized spacial score (nSPS) is 11.8. The fraction of sp³-hybridized carbons (Fsp3) is 0.308. The number of alkyl halides is 4. The average Bonchev–Trinajstić information content (AvgIpc) is 2.84. The summed E-state index contributed by atoms with van der Waals surface area (Å²) in [7, 11) is 0. The van der Waals surface area contributed by atoms with Crippen LogP contribution in [0.1, 0.15) is 17.7 Å². The number of halogens is 5. The molecule has 0 aliphatic heterocycles. The molecule has 20 heavy (non-hydrogen) atoms. The molecule has 2 rings (SSSR count). The lowest BCUT2D eigenvalue weighted by Crippen LogP contribution is -2.07. The molecule has 0 saturated heterocycles. The Bertz CT molecular complexity index is 598. The molecule has 0 unspecified atom stereocenters. The number of thiazole rings is 1. The maximum atomic E-state index is 13.1. The van der Waals surface area contributed by atoms with E-state index in [0.29, 0.717) is 21.8 Å². The van der Waals surface area contributed by atoms with Crippen LogP contribution in [0.2, 0.25) is 0 Å². The Hall–Kier alpha value is -0.590. The monoisotopic (exact) mass is 383 g/mol. The summed E-state index contributed by atoms with van der Waals surface area (Å²) >= 11 is 9.89. The number of hydrogen-bond acceptors (Lipinski definition) is 2. The third-order valence-corrected chi connectivity index (χ3v) is 4.32. The summed E-state index contributed by atoms with van der Waals surface area (Å²) in [6.07, 6.45) is -2.96. The van der Waals surface area contributed by atoms with Crippen molar-refractivity contribution in [3.63, 3.8) is 0 Å². The quantitative estimate of drug-likeness (QED) is 0.610. The highest BCUT2D eigenvalue weighted by Crippen LogP contribution is 2.39. The molecule has 108 valence electrons. The lowest BCUT2D eigenvalue weighted by Gasteiger charge is -2.11. The second-order valence-electron chi connectivity index (χ2n) is 4.12. The molecule has 0 bridgehead atoms. The van der Waals surface area contributed by atoms with Gasteiger partial charge in [-0.25, -0.2) is 4.98 Å². The largest absolute Gasteiger partial charge is 0.417 e. The maximum Gasteiger partial charge on any atom is 0.417 e. The topological polar surface area (TPSA) is 12.9 Å². The first-order valence-corrected chi connectivity index (χ1v) is 8.00. The van der Waals surface area contributed by atoms with E-state index in [9.17, 15) is 13.2 Å². The molecule has 0 radical (unpaired) electrons. The second-order valence-corrected chi connectivity index (χ2v) is 6.28. The molecule has 0 spiro atoms. The van der Waals surface area contributed by atoms with Gasteiger partial charge in [-0.2, -0.15) is 13.2 Å². The van der Waals surface area contributed by atoms with E-state index in [1.807, 2.05) is 0 Å². The van der Waals surface area contributed by atoms with Crippen molar-refractivity contribution in [2.75, 3.05) is 5.88 Å². The Balaban J connectivity index is 2.39. The second kappa shape index (κ2) is 6.45.